The number of aryl methyl sites for hydroxylation is 2. The first-order chi connectivity index (χ1) is 13.1. The van der Waals surface area contributed by atoms with Crippen molar-refractivity contribution in [2.24, 2.45) is 0 Å². The normalized spacial score (nSPS) is 17.4. The Morgan fingerprint density at radius 3 is 2.78 bits per heavy atom. The average Bonchev–Trinajstić information content (AvgIpc) is 2.67. The Morgan fingerprint density at radius 1 is 1.15 bits per heavy atom. The summed E-state index contributed by atoms with van der Waals surface area (Å²) in [7, 11) is 4.30. The smallest absolute Gasteiger partial charge is 0.132 e. The van der Waals surface area contributed by atoms with Crippen molar-refractivity contribution in [2.45, 2.75) is 26.3 Å². The van der Waals surface area contributed by atoms with Crippen molar-refractivity contribution in [2.75, 3.05) is 45.2 Å². The van der Waals surface area contributed by atoms with Crippen LogP contribution in [0.2, 0.25) is 0 Å². The maximum Gasteiger partial charge on any atom is 0.132 e. The number of aromatic nitrogens is 3. The van der Waals surface area contributed by atoms with Gasteiger partial charge in [0.15, 0.2) is 0 Å². The number of hydrogen-bond acceptors (Lipinski definition) is 6. The van der Waals surface area contributed by atoms with Gasteiger partial charge in [-0.05, 0) is 38.4 Å². The number of fused-ring (bicyclic) bond motifs is 1. The summed E-state index contributed by atoms with van der Waals surface area (Å²) in [6.45, 7) is 6.93. The molecule has 2 aromatic heterocycles. The van der Waals surface area contributed by atoms with Crippen molar-refractivity contribution < 1.29 is 0 Å². The molecule has 27 heavy (non-hydrogen) atoms. The van der Waals surface area contributed by atoms with Gasteiger partial charge in [-0.15, -0.1) is 0 Å². The lowest BCUT2D eigenvalue weighted by molar-refractivity contribution is 0.312. The van der Waals surface area contributed by atoms with Crippen LogP contribution in [0.15, 0.2) is 30.5 Å². The Bertz CT molecular complexity index is 838. The van der Waals surface area contributed by atoms with E-state index in [0.717, 1.165) is 68.6 Å². The fourth-order valence-electron chi connectivity index (χ4n) is 3.89. The van der Waals surface area contributed by atoms with Crippen LogP contribution in [0.5, 0.6) is 0 Å². The van der Waals surface area contributed by atoms with Crippen molar-refractivity contribution in [3.63, 3.8) is 0 Å². The van der Waals surface area contributed by atoms with Crippen LogP contribution in [-0.2, 0) is 13.0 Å². The van der Waals surface area contributed by atoms with Crippen LogP contribution < -0.4 is 4.90 Å². The molecule has 6 nitrogen and oxygen atoms in total. The minimum absolute atomic E-state index is 0.756. The van der Waals surface area contributed by atoms with E-state index in [9.17, 15) is 0 Å². The third-order valence-corrected chi connectivity index (χ3v) is 5.40. The van der Waals surface area contributed by atoms with Gasteiger partial charge in [-0.25, -0.2) is 9.97 Å². The monoisotopic (exact) mass is 364 g/mol. The molecule has 0 saturated carbocycles. The van der Waals surface area contributed by atoms with Crippen LogP contribution in [0.25, 0.3) is 5.70 Å². The number of hydrogen-bond donors (Lipinski definition) is 0. The molecule has 1 fully saturated rings. The van der Waals surface area contributed by atoms with E-state index >= 15 is 0 Å². The lowest BCUT2D eigenvalue weighted by Crippen LogP contribution is -2.45. The number of anilines is 1. The van der Waals surface area contributed by atoms with Gasteiger partial charge in [-0.1, -0.05) is 12.1 Å². The minimum Gasteiger partial charge on any atom is -0.367 e. The molecule has 0 spiro atoms. The van der Waals surface area contributed by atoms with Gasteiger partial charge in [0.1, 0.15) is 11.6 Å². The molecule has 1 aliphatic carbocycles. The molecule has 1 aliphatic heterocycles. The molecule has 2 aromatic rings. The van der Waals surface area contributed by atoms with Crippen molar-refractivity contribution in [3.05, 3.63) is 53.2 Å². The lowest BCUT2D eigenvalue weighted by atomic mass is 9.99. The quantitative estimate of drug-likeness (QED) is 0.830. The van der Waals surface area contributed by atoms with Crippen LogP contribution in [0.3, 0.4) is 0 Å². The first kappa shape index (κ1) is 17.9. The van der Waals surface area contributed by atoms with Gasteiger partial charge < -0.3 is 14.7 Å². The Balaban J connectivity index is 1.53. The molecular weight excluding hydrogens is 336 g/mol. The summed E-state index contributed by atoms with van der Waals surface area (Å²) >= 11 is 0. The van der Waals surface area contributed by atoms with E-state index in [2.05, 4.69) is 57.0 Å². The highest BCUT2D eigenvalue weighted by Gasteiger charge is 2.19. The molecule has 4 rings (SSSR count). The van der Waals surface area contributed by atoms with Gasteiger partial charge in [0.05, 0.1) is 23.6 Å². The van der Waals surface area contributed by atoms with E-state index in [1.807, 2.05) is 19.2 Å². The molecule has 0 amide bonds. The van der Waals surface area contributed by atoms with Gasteiger partial charge in [-0.3, -0.25) is 4.98 Å². The van der Waals surface area contributed by atoms with E-state index in [1.54, 1.807) is 0 Å². The third kappa shape index (κ3) is 3.95. The fraction of sp³-hybridized carbons (Fsp3) is 0.476. The van der Waals surface area contributed by atoms with Crippen molar-refractivity contribution in [1.29, 1.82) is 0 Å². The second-order valence-electron chi connectivity index (χ2n) is 7.55. The van der Waals surface area contributed by atoms with E-state index < -0.39 is 0 Å². The zero-order valence-electron chi connectivity index (χ0n) is 16.5. The van der Waals surface area contributed by atoms with E-state index in [1.165, 1.54) is 11.3 Å². The Morgan fingerprint density at radius 2 is 1.96 bits per heavy atom. The topological polar surface area (TPSA) is 48.4 Å². The van der Waals surface area contributed by atoms with E-state index in [-0.39, 0.29) is 0 Å². The van der Waals surface area contributed by atoms with Crippen molar-refractivity contribution in [3.8, 4) is 0 Å². The highest BCUT2D eigenvalue weighted by molar-refractivity contribution is 5.65. The van der Waals surface area contributed by atoms with Crippen LogP contribution in [0, 0.1) is 6.92 Å². The number of allylic oxidation sites excluding steroid dienone is 1. The minimum atomic E-state index is 0.756. The summed E-state index contributed by atoms with van der Waals surface area (Å²) < 4.78 is 0. The van der Waals surface area contributed by atoms with Gasteiger partial charge in [-0.2, -0.15) is 0 Å². The molecule has 1 saturated heterocycles. The molecule has 0 unspecified atom stereocenters. The summed E-state index contributed by atoms with van der Waals surface area (Å²) in [5.74, 6) is 1.89. The molecular formula is C21H28N6. The highest BCUT2D eigenvalue weighted by Crippen LogP contribution is 2.27. The zero-order valence-corrected chi connectivity index (χ0v) is 16.5. The summed E-state index contributed by atoms with van der Waals surface area (Å²) in [4.78, 5) is 21.0. The zero-order chi connectivity index (χ0) is 18.8. The molecule has 2 aliphatic rings. The van der Waals surface area contributed by atoms with Crippen LogP contribution in [-0.4, -0.2) is 65.0 Å². The SMILES string of the molecule is Cc1nc(CN(C)C2=CCCc3cccnc32)cc(N2CCN(C)CC2)n1. The van der Waals surface area contributed by atoms with Gasteiger partial charge in [0, 0.05) is 45.5 Å². The first-order valence-corrected chi connectivity index (χ1v) is 9.74. The molecule has 0 atom stereocenters. The van der Waals surface area contributed by atoms with Gasteiger partial charge in [0.25, 0.3) is 0 Å². The van der Waals surface area contributed by atoms with E-state index in [4.69, 9.17) is 4.98 Å². The molecule has 0 aromatic carbocycles. The molecule has 6 heteroatoms. The lowest BCUT2D eigenvalue weighted by Gasteiger charge is -2.33. The largest absolute Gasteiger partial charge is 0.367 e. The summed E-state index contributed by atoms with van der Waals surface area (Å²) in [5.41, 5.74) is 4.70. The fourth-order valence-corrected chi connectivity index (χ4v) is 3.89. The standard InChI is InChI=1S/C21H28N6/c1-16-23-18(14-20(24-16)27-12-10-25(2)11-13-27)15-26(3)19-8-4-6-17-7-5-9-22-21(17)19/h5,7-9,14H,4,6,10-13,15H2,1-3H3. The third-order valence-electron chi connectivity index (χ3n) is 5.40. The van der Waals surface area contributed by atoms with Crippen molar-refractivity contribution in [1.82, 2.24) is 24.8 Å². The molecule has 0 radical (unpaired) electrons. The van der Waals surface area contributed by atoms with Crippen LogP contribution >= 0.6 is 0 Å². The molecule has 0 N–H and O–H groups in total. The summed E-state index contributed by atoms with van der Waals surface area (Å²) in [5, 5.41) is 0. The predicted molar refractivity (Wildman–Crippen MR) is 108 cm³/mol. The number of pyridine rings is 1. The maximum absolute atomic E-state index is 4.70. The highest BCUT2D eigenvalue weighted by atomic mass is 15.3. The molecule has 142 valence electrons. The number of likely N-dealkylation sites (N-methyl/N-ethyl adjacent to an activating group) is 1. The predicted octanol–water partition coefficient (Wildman–Crippen LogP) is 2.35. The Labute approximate surface area is 161 Å². The number of piperazine rings is 1. The van der Waals surface area contributed by atoms with Crippen molar-refractivity contribution >= 4 is 11.5 Å². The van der Waals surface area contributed by atoms with Crippen LogP contribution in [0.1, 0.15) is 29.2 Å². The first-order valence-electron chi connectivity index (χ1n) is 9.74. The van der Waals surface area contributed by atoms with Gasteiger partial charge >= 0.3 is 0 Å². The number of rotatable bonds is 4. The van der Waals surface area contributed by atoms with Crippen LogP contribution in [0.4, 0.5) is 5.82 Å². The molecule has 3 heterocycles. The number of nitrogens with zero attached hydrogens (tertiary/aromatic N) is 6. The van der Waals surface area contributed by atoms with Gasteiger partial charge in [0.2, 0.25) is 0 Å². The summed E-state index contributed by atoms with van der Waals surface area (Å²) in [6.07, 6.45) is 6.31. The molecule has 0 bridgehead atoms. The summed E-state index contributed by atoms with van der Waals surface area (Å²) in [6, 6.07) is 6.36. The Kier molecular flexibility index (Phi) is 5.07. The second kappa shape index (κ2) is 7.64. The maximum atomic E-state index is 4.70. The van der Waals surface area contributed by atoms with E-state index in [0.29, 0.717) is 0 Å². The second-order valence-corrected chi connectivity index (χ2v) is 7.55. The average molecular weight is 364 g/mol. The Hall–Kier alpha value is -2.47.